The van der Waals surface area contributed by atoms with Crippen LogP contribution in [0.5, 0.6) is 0 Å². The Morgan fingerprint density at radius 3 is 2.36 bits per heavy atom. The van der Waals surface area contributed by atoms with Crippen LogP contribution in [0, 0.1) is 0 Å². The lowest BCUT2D eigenvalue weighted by Crippen LogP contribution is -2.51. The second-order valence-electron chi connectivity index (χ2n) is 7.89. The van der Waals surface area contributed by atoms with E-state index in [1.807, 2.05) is 11.8 Å². The Balaban J connectivity index is 1.92. The minimum Gasteiger partial charge on any atom is -0.438 e. The van der Waals surface area contributed by atoms with Crippen molar-refractivity contribution in [1.82, 2.24) is 19.8 Å². The number of amides is 2. The second-order valence-corrected chi connectivity index (χ2v) is 9.51. The van der Waals surface area contributed by atoms with Crippen LogP contribution >= 0.6 is 0 Å². The third kappa shape index (κ3) is 6.32. The van der Waals surface area contributed by atoms with E-state index in [1.54, 1.807) is 25.7 Å². The third-order valence-corrected chi connectivity index (χ3v) is 5.73. The Morgan fingerprint density at radius 2 is 1.79 bits per heavy atom. The predicted molar refractivity (Wildman–Crippen MR) is 104 cm³/mol. The molecule has 2 amide bonds. The minimum atomic E-state index is -3.83. The summed E-state index contributed by atoms with van der Waals surface area (Å²) in [5, 5.41) is 2.55. The van der Waals surface area contributed by atoms with Crippen molar-refractivity contribution in [2.24, 2.45) is 0 Å². The van der Waals surface area contributed by atoms with Crippen LogP contribution in [0.3, 0.4) is 0 Å². The highest BCUT2D eigenvalue weighted by Crippen LogP contribution is 2.18. The van der Waals surface area contributed by atoms with E-state index in [2.05, 4.69) is 10.0 Å². The smallest absolute Gasteiger partial charge is 0.289 e. The molecule has 0 spiro atoms. The van der Waals surface area contributed by atoms with E-state index in [1.165, 1.54) is 12.1 Å². The molecule has 9 nitrogen and oxygen atoms in total. The topological polar surface area (TPSA) is 112 Å². The fourth-order valence-electron chi connectivity index (χ4n) is 2.82. The molecule has 1 saturated heterocycles. The molecule has 0 atom stereocenters. The van der Waals surface area contributed by atoms with Crippen molar-refractivity contribution in [1.29, 1.82) is 0 Å². The van der Waals surface area contributed by atoms with Crippen LogP contribution in [0.1, 0.15) is 44.7 Å². The van der Waals surface area contributed by atoms with Gasteiger partial charge in [-0.1, -0.05) is 6.92 Å². The maximum Gasteiger partial charge on any atom is 0.289 e. The molecule has 0 unspecified atom stereocenters. The molecule has 2 heterocycles. The van der Waals surface area contributed by atoms with E-state index < -0.39 is 15.6 Å². The molecule has 1 aliphatic rings. The maximum absolute atomic E-state index is 12.6. The van der Waals surface area contributed by atoms with Crippen molar-refractivity contribution in [2.75, 3.05) is 39.3 Å². The van der Waals surface area contributed by atoms with Crippen molar-refractivity contribution in [3.05, 3.63) is 17.9 Å². The van der Waals surface area contributed by atoms with Gasteiger partial charge in [0.05, 0.1) is 6.54 Å². The molecule has 1 aromatic rings. The average Bonchev–Trinajstić information content (AvgIpc) is 3.09. The molecule has 1 aliphatic heterocycles. The van der Waals surface area contributed by atoms with Crippen molar-refractivity contribution in [3.8, 4) is 0 Å². The number of nitrogens with one attached hydrogen (secondary N) is 2. The van der Waals surface area contributed by atoms with E-state index >= 15 is 0 Å². The van der Waals surface area contributed by atoms with Crippen LogP contribution in [0.4, 0.5) is 0 Å². The average molecular weight is 415 g/mol. The SMILES string of the molecule is CCCNC(=O)CN1CCN(C(=O)c2ccc(S(=O)(=O)NC(C)(C)C)o2)CC1. The molecule has 0 saturated carbocycles. The van der Waals surface area contributed by atoms with Gasteiger partial charge >= 0.3 is 0 Å². The van der Waals surface area contributed by atoms with Crippen LogP contribution in [0.25, 0.3) is 0 Å². The normalized spacial score (nSPS) is 16.2. The van der Waals surface area contributed by atoms with E-state index in [4.69, 9.17) is 4.42 Å². The van der Waals surface area contributed by atoms with Gasteiger partial charge in [-0.25, -0.2) is 13.1 Å². The van der Waals surface area contributed by atoms with Gasteiger partial charge in [-0.05, 0) is 39.3 Å². The Labute approximate surface area is 166 Å². The monoisotopic (exact) mass is 414 g/mol. The summed E-state index contributed by atoms with van der Waals surface area (Å²) < 4.78 is 32.4. The molecule has 0 bridgehead atoms. The van der Waals surface area contributed by atoms with Gasteiger partial charge in [0.15, 0.2) is 5.76 Å². The van der Waals surface area contributed by atoms with Gasteiger partial charge in [0, 0.05) is 38.3 Å². The first-order valence-corrected chi connectivity index (χ1v) is 10.9. The lowest BCUT2D eigenvalue weighted by atomic mass is 10.1. The summed E-state index contributed by atoms with van der Waals surface area (Å²) in [5.74, 6) is -0.385. The number of carbonyl (C=O) groups is 2. The molecule has 28 heavy (non-hydrogen) atoms. The Hall–Kier alpha value is -1.91. The molecule has 2 N–H and O–H groups in total. The molecule has 0 radical (unpaired) electrons. The third-order valence-electron chi connectivity index (χ3n) is 4.10. The standard InChI is InChI=1S/C18H30N4O5S/c1-5-8-19-15(23)13-21-9-11-22(12-10-21)17(24)14-6-7-16(27-14)28(25,26)20-18(2,3)4/h6-7,20H,5,8-13H2,1-4H3,(H,19,23). The summed E-state index contributed by atoms with van der Waals surface area (Å²) in [5.41, 5.74) is -0.657. The molecule has 1 aromatic heterocycles. The summed E-state index contributed by atoms with van der Waals surface area (Å²) in [4.78, 5) is 28.0. The molecule has 158 valence electrons. The van der Waals surface area contributed by atoms with E-state index in [0.717, 1.165) is 6.42 Å². The largest absolute Gasteiger partial charge is 0.438 e. The predicted octanol–water partition coefficient (Wildman–Crippen LogP) is 0.640. The zero-order chi connectivity index (χ0) is 20.9. The van der Waals surface area contributed by atoms with Gasteiger partial charge in [0.25, 0.3) is 15.9 Å². The van der Waals surface area contributed by atoms with Gasteiger partial charge in [0.2, 0.25) is 11.0 Å². The molecule has 10 heteroatoms. The first-order valence-electron chi connectivity index (χ1n) is 9.44. The highest BCUT2D eigenvalue weighted by molar-refractivity contribution is 7.89. The fourth-order valence-corrected chi connectivity index (χ4v) is 4.17. The van der Waals surface area contributed by atoms with Crippen LogP contribution in [0.2, 0.25) is 0 Å². The first kappa shape index (κ1) is 22.4. The molecular weight excluding hydrogens is 384 g/mol. The summed E-state index contributed by atoms with van der Waals surface area (Å²) in [6, 6.07) is 2.67. The number of piperazine rings is 1. The number of hydrogen-bond acceptors (Lipinski definition) is 6. The number of rotatable bonds is 7. The highest BCUT2D eigenvalue weighted by atomic mass is 32.2. The van der Waals surface area contributed by atoms with Gasteiger partial charge in [0.1, 0.15) is 0 Å². The maximum atomic E-state index is 12.6. The second kappa shape index (κ2) is 9.06. The highest BCUT2D eigenvalue weighted by Gasteiger charge is 2.29. The van der Waals surface area contributed by atoms with Gasteiger partial charge in [-0.2, -0.15) is 0 Å². The fraction of sp³-hybridized carbons (Fsp3) is 0.667. The molecule has 1 fully saturated rings. The molecule has 2 rings (SSSR count). The quantitative estimate of drug-likeness (QED) is 0.677. The lowest BCUT2D eigenvalue weighted by Gasteiger charge is -2.33. The number of carbonyl (C=O) groups excluding carboxylic acids is 2. The van der Waals surface area contributed by atoms with Crippen LogP contribution in [-0.2, 0) is 14.8 Å². The number of sulfonamides is 1. The van der Waals surface area contributed by atoms with Gasteiger partial charge < -0.3 is 14.6 Å². The zero-order valence-corrected chi connectivity index (χ0v) is 17.8. The number of nitrogens with zero attached hydrogens (tertiary/aromatic N) is 2. The Bertz CT molecular complexity index is 789. The van der Waals surface area contributed by atoms with Crippen LogP contribution < -0.4 is 10.0 Å². The van der Waals surface area contributed by atoms with Crippen molar-refractivity contribution >= 4 is 21.8 Å². The van der Waals surface area contributed by atoms with Crippen molar-refractivity contribution < 1.29 is 22.4 Å². The molecule has 0 aromatic carbocycles. The summed E-state index contributed by atoms with van der Waals surface area (Å²) in [7, 11) is -3.83. The Morgan fingerprint density at radius 1 is 1.14 bits per heavy atom. The molecular formula is C18H30N4O5S. The summed E-state index contributed by atoms with van der Waals surface area (Å²) >= 11 is 0. The lowest BCUT2D eigenvalue weighted by molar-refractivity contribution is -0.122. The number of hydrogen-bond donors (Lipinski definition) is 2. The van der Waals surface area contributed by atoms with Crippen molar-refractivity contribution in [3.63, 3.8) is 0 Å². The van der Waals surface area contributed by atoms with E-state index in [0.29, 0.717) is 39.3 Å². The van der Waals surface area contributed by atoms with E-state index in [9.17, 15) is 18.0 Å². The van der Waals surface area contributed by atoms with Crippen LogP contribution in [-0.4, -0.2) is 74.8 Å². The van der Waals surface area contributed by atoms with Gasteiger partial charge in [-0.15, -0.1) is 0 Å². The number of furan rings is 1. The zero-order valence-electron chi connectivity index (χ0n) is 16.9. The summed E-state index contributed by atoms with van der Waals surface area (Å²) in [6.07, 6.45) is 0.889. The van der Waals surface area contributed by atoms with E-state index in [-0.39, 0.29) is 22.7 Å². The van der Waals surface area contributed by atoms with Gasteiger partial charge in [-0.3, -0.25) is 14.5 Å². The molecule has 0 aliphatic carbocycles. The van der Waals surface area contributed by atoms with Crippen LogP contribution in [0.15, 0.2) is 21.6 Å². The first-order chi connectivity index (χ1) is 13.0. The Kier molecular flexibility index (Phi) is 7.24. The van der Waals surface area contributed by atoms with Crippen molar-refractivity contribution in [2.45, 2.75) is 44.7 Å². The minimum absolute atomic E-state index is 0.0107. The summed E-state index contributed by atoms with van der Waals surface area (Å²) in [6.45, 7) is 10.2.